The first-order chi connectivity index (χ1) is 18.0. The van der Waals surface area contributed by atoms with Gasteiger partial charge in [0.2, 0.25) is 17.7 Å². The number of aromatic hydroxyl groups is 1. The van der Waals surface area contributed by atoms with Gasteiger partial charge in [0.15, 0.2) is 0 Å². The molecule has 8 N–H and O–H groups in total. The number of carbonyl (C=O) groups is 5. The van der Waals surface area contributed by atoms with Crippen LogP contribution in [0.25, 0.3) is 0 Å². The van der Waals surface area contributed by atoms with Crippen LogP contribution in [-0.4, -0.2) is 69.1 Å². The zero-order chi connectivity index (χ0) is 28.2. The quantitative estimate of drug-likeness (QED) is 0.175. The SMILES string of the molecule is CC(N)C(=O)NC(Cc1ccccc1)C(=O)NC(CCC(=O)O)C(=O)NC(Cc1ccc(O)cc1)C(=O)O. The Morgan fingerprint density at radius 2 is 1.24 bits per heavy atom. The molecule has 204 valence electrons. The van der Waals surface area contributed by atoms with E-state index in [1.165, 1.54) is 31.2 Å². The van der Waals surface area contributed by atoms with Gasteiger partial charge in [0.25, 0.3) is 0 Å². The van der Waals surface area contributed by atoms with Gasteiger partial charge >= 0.3 is 11.9 Å². The van der Waals surface area contributed by atoms with E-state index in [-0.39, 0.29) is 25.0 Å². The number of carbonyl (C=O) groups excluding carboxylic acids is 3. The Balaban J connectivity index is 2.21. The minimum absolute atomic E-state index is 0.0118. The summed E-state index contributed by atoms with van der Waals surface area (Å²) in [4.78, 5) is 61.4. The maximum atomic E-state index is 13.2. The highest BCUT2D eigenvalue weighted by molar-refractivity contribution is 5.94. The molecule has 38 heavy (non-hydrogen) atoms. The van der Waals surface area contributed by atoms with Crippen LogP contribution in [0.15, 0.2) is 54.6 Å². The normalized spacial score (nSPS) is 13.8. The minimum atomic E-state index is -1.40. The smallest absolute Gasteiger partial charge is 0.326 e. The molecule has 0 heterocycles. The largest absolute Gasteiger partial charge is 0.508 e. The summed E-state index contributed by atoms with van der Waals surface area (Å²) in [6, 6.07) is 9.66. The summed E-state index contributed by atoms with van der Waals surface area (Å²) in [5.74, 6) is -4.85. The molecule has 0 bridgehead atoms. The van der Waals surface area contributed by atoms with Crippen LogP contribution >= 0.6 is 0 Å². The monoisotopic (exact) mass is 528 g/mol. The van der Waals surface area contributed by atoms with E-state index < -0.39 is 60.2 Å². The summed E-state index contributed by atoms with van der Waals surface area (Å²) in [7, 11) is 0. The lowest BCUT2D eigenvalue weighted by Gasteiger charge is -2.25. The summed E-state index contributed by atoms with van der Waals surface area (Å²) in [6.45, 7) is 1.44. The average Bonchev–Trinajstić information content (AvgIpc) is 2.87. The Morgan fingerprint density at radius 1 is 0.737 bits per heavy atom. The maximum absolute atomic E-state index is 13.2. The highest BCUT2D eigenvalue weighted by atomic mass is 16.4. The number of aliphatic carboxylic acids is 2. The first-order valence-electron chi connectivity index (χ1n) is 11.9. The van der Waals surface area contributed by atoms with Gasteiger partial charge in [-0.2, -0.15) is 0 Å². The molecule has 12 nitrogen and oxygen atoms in total. The van der Waals surface area contributed by atoms with Crippen LogP contribution in [0.5, 0.6) is 5.75 Å². The topological polar surface area (TPSA) is 208 Å². The molecular formula is C26H32N4O8. The number of benzene rings is 2. The summed E-state index contributed by atoms with van der Waals surface area (Å²) in [6.07, 6.45) is -0.861. The van der Waals surface area contributed by atoms with Gasteiger partial charge in [0.05, 0.1) is 6.04 Å². The number of carboxylic acid groups (broad SMARTS) is 2. The molecule has 0 aliphatic carbocycles. The van der Waals surface area contributed by atoms with E-state index in [1.807, 2.05) is 0 Å². The summed E-state index contributed by atoms with van der Waals surface area (Å²) in [5.41, 5.74) is 6.85. The minimum Gasteiger partial charge on any atom is -0.508 e. The molecule has 0 saturated carbocycles. The van der Waals surface area contributed by atoms with E-state index in [9.17, 15) is 34.2 Å². The third kappa shape index (κ3) is 9.90. The summed E-state index contributed by atoms with van der Waals surface area (Å²) >= 11 is 0. The van der Waals surface area contributed by atoms with Crippen LogP contribution in [0, 0.1) is 0 Å². The highest BCUT2D eigenvalue weighted by Crippen LogP contribution is 2.12. The molecule has 12 heteroatoms. The number of carboxylic acids is 2. The first kappa shape index (κ1) is 29.8. The average molecular weight is 529 g/mol. The number of nitrogens with two attached hydrogens (primary N) is 1. The molecule has 2 aromatic carbocycles. The number of phenols is 1. The van der Waals surface area contributed by atoms with Gasteiger partial charge in [-0.25, -0.2) is 4.79 Å². The van der Waals surface area contributed by atoms with Gasteiger partial charge < -0.3 is 37.0 Å². The van der Waals surface area contributed by atoms with E-state index in [4.69, 9.17) is 10.8 Å². The molecule has 4 atom stereocenters. The number of hydrogen-bond acceptors (Lipinski definition) is 7. The zero-order valence-corrected chi connectivity index (χ0v) is 20.8. The van der Waals surface area contributed by atoms with Crippen molar-refractivity contribution in [3.63, 3.8) is 0 Å². The molecule has 4 unspecified atom stereocenters. The molecule has 0 aliphatic rings. The van der Waals surface area contributed by atoms with Gasteiger partial charge in [0, 0.05) is 19.3 Å². The van der Waals surface area contributed by atoms with Gasteiger partial charge in [-0.1, -0.05) is 42.5 Å². The number of nitrogens with one attached hydrogen (secondary N) is 3. The molecule has 2 aromatic rings. The molecule has 2 rings (SSSR count). The van der Waals surface area contributed by atoms with Crippen molar-refractivity contribution in [2.45, 2.75) is 56.8 Å². The first-order valence-corrected chi connectivity index (χ1v) is 11.9. The summed E-state index contributed by atoms with van der Waals surface area (Å²) in [5, 5.41) is 35.5. The third-order valence-electron chi connectivity index (χ3n) is 5.60. The Morgan fingerprint density at radius 3 is 1.79 bits per heavy atom. The van der Waals surface area contributed by atoms with Crippen molar-refractivity contribution in [3.8, 4) is 5.75 Å². The van der Waals surface area contributed by atoms with E-state index in [0.29, 0.717) is 11.1 Å². The molecule has 0 radical (unpaired) electrons. The van der Waals surface area contributed by atoms with Crippen molar-refractivity contribution in [2.24, 2.45) is 5.73 Å². The van der Waals surface area contributed by atoms with Crippen LogP contribution in [0.1, 0.15) is 30.9 Å². The van der Waals surface area contributed by atoms with Gasteiger partial charge in [0.1, 0.15) is 23.9 Å². The van der Waals surface area contributed by atoms with Gasteiger partial charge in [-0.3, -0.25) is 19.2 Å². The highest BCUT2D eigenvalue weighted by Gasteiger charge is 2.30. The number of phenolic OH excluding ortho intramolecular Hbond substituents is 1. The Labute approximate surface area is 219 Å². The van der Waals surface area contributed by atoms with Gasteiger partial charge in [-0.05, 0) is 36.6 Å². The molecule has 0 saturated heterocycles. The standard InChI is InChI=1S/C26H32N4O8/c1-15(27)23(34)29-20(13-16-5-3-2-4-6-16)25(36)28-19(11-12-22(32)33)24(35)30-21(26(37)38)14-17-7-9-18(31)10-8-17/h2-10,15,19-21,31H,11-14,27H2,1H3,(H,28,36)(H,29,34)(H,30,35)(H,32,33)(H,37,38). The van der Waals surface area contributed by atoms with Crippen molar-refractivity contribution in [2.75, 3.05) is 0 Å². The lowest BCUT2D eigenvalue weighted by Crippen LogP contribution is -2.57. The number of amides is 3. The van der Waals surface area contributed by atoms with E-state index >= 15 is 0 Å². The van der Waals surface area contributed by atoms with E-state index in [0.717, 1.165) is 0 Å². The Bertz CT molecular complexity index is 1120. The lowest BCUT2D eigenvalue weighted by molar-refractivity contribution is -0.143. The molecule has 0 fully saturated rings. The number of hydrogen-bond donors (Lipinski definition) is 7. The maximum Gasteiger partial charge on any atom is 0.326 e. The Hall–Kier alpha value is -4.45. The van der Waals surface area contributed by atoms with E-state index in [2.05, 4.69) is 16.0 Å². The van der Waals surface area contributed by atoms with Crippen LogP contribution in [0.3, 0.4) is 0 Å². The van der Waals surface area contributed by atoms with E-state index in [1.54, 1.807) is 30.3 Å². The van der Waals surface area contributed by atoms with Crippen molar-refractivity contribution >= 4 is 29.7 Å². The van der Waals surface area contributed by atoms with Gasteiger partial charge in [-0.15, -0.1) is 0 Å². The van der Waals surface area contributed by atoms with Crippen molar-refractivity contribution in [1.82, 2.24) is 16.0 Å². The second-order valence-corrected chi connectivity index (χ2v) is 8.80. The molecule has 0 aliphatic heterocycles. The van der Waals surface area contributed by atoms with Crippen LogP contribution in [-0.2, 0) is 36.8 Å². The fourth-order valence-electron chi connectivity index (χ4n) is 3.51. The molecule has 3 amide bonds. The number of rotatable bonds is 14. The second-order valence-electron chi connectivity index (χ2n) is 8.80. The van der Waals surface area contributed by atoms with Crippen molar-refractivity contribution in [1.29, 1.82) is 0 Å². The predicted molar refractivity (Wildman–Crippen MR) is 136 cm³/mol. The lowest BCUT2D eigenvalue weighted by atomic mass is 10.0. The third-order valence-corrected chi connectivity index (χ3v) is 5.60. The summed E-state index contributed by atoms with van der Waals surface area (Å²) < 4.78 is 0. The fourth-order valence-corrected chi connectivity index (χ4v) is 3.51. The second kappa shape index (κ2) is 14.3. The van der Waals surface area contributed by atoms with Crippen LogP contribution in [0.2, 0.25) is 0 Å². The molecular weight excluding hydrogens is 496 g/mol. The van der Waals surface area contributed by atoms with Crippen molar-refractivity contribution in [3.05, 3.63) is 65.7 Å². The molecule has 0 aromatic heterocycles. The van der Waals surface area contributed by atoms with Crippen LogP contribution in [0.4, 0.5) is 0 Å². The zero-order valence-electron chi connectivity index (χ0n) is 20.8. The fraction of sp³-hybridized carbons (Fsp3) is 0.346. The van der Waals surface area contributed by atoms with Crippen molar-refractivity contribution < 1.29 is 39.3 Å². The molecule has 0 spiro atoms. The van der Waals surface area contributed by atoms with Crippen LogP contribution < -0.4 is 21.7 Å². The Kier molecular flexibility index (Phi) is 11.2. The predicted octanol–water partition coefficient (Wildman–Crippen LogP) is -0.0716.